The number of aromatic nitrogens is 2. The Bertz CT molecular complexity index is 821. The minimum Gasteiger partial charge on any atom is -0.376 e. The van der Waals surface area contributed by atoms with Crippen LogP contribution in [-0.4, -0.2) is 48.7 Å². The molecule has 24 heavy (non-hydrogen) atoms. The molecular formula is C16H19N3O4S. The number of fused-ring (bicyclic) bond motifs is 1. The molecular weight excluding hydrogens is 330 g/mol. The van der Waals surface area contributed by atoms with Crippen molar-refractivity contribution >= 4 is 10.0 Å². The molecule has 128 valence electrons. The van der Waals surface area contributed by atoms with Crippen molar-refractivity contribution in [2.75, 3.05) is 19.7 Å². The molecule has 0 aliphatic carbocycles. The predicted molar refractivity (Wildman–Crippen MR) is 84.7 cm³/mol. The van der Waals surface area contributed by atoms with E-state index in [1.165, 1.54) is 4.31 Å². The van der Waals surface area contributed by atoms with Gasteiger partial charge in [-0.3, -0.25) is 0 Å². The van der Waals surface area contributed by atoms with Crippen LogP contribution < -0.4 is 0 Å². The molecule has 8 heteroatoms. The smallest absolute Gasteiger partial charge is 0.243 e. The Morgan fingerprint density at radius 2 is 2.04 bits per heavy atom. The number of hydrogen-bond acceptors (Lipinski definition) is 6. The summed E-state index contributed by atoms with van der Waals surface area (Å²) in [7, 11) is -3.47. The van der Waals surface area contributed by atoms with Crippen molar-refractivity contribution in [1.29, 1.82) is 0 Å². The molecule has 4 rings (SSSR count). The van der Waals surface area contributed by atoms with Gasteiger partial charge in [0.15, 0.2) is 5.82 Å². The normalized spacial score (nSPS) is 27.5. The van der Waals surface area contributed by atoms with E-state index >= 15 is 0 Å². The first kappa shape index (κ1) is 15.7. The fourth-order valence-electron chi connectivity index (χ4n) is 3.56. The molecule has 2 fully saturated rings. The quantitative estimate of drug-likeness (QED) is 0.826. The lowest BCUT2D eigenvalue weighted by atomic mass is 9.90. The van der Waals surface area contributed by atoms with Crippen molar-refractivity contribution in [3.63, 3.8) is 0 Å². The summed E-state index contributed by atoms with van der Waals surface area (Å²) in [5.74, 6) is 1.56. The molecule has 7 nitrogen and oxygen atoms in total. The van der Waals surface area contributed by atoms with E-state index in [4.69, 9.17) is 9.26 Å². The topological polar surface area (TPSA) is 85.5 Å². The van der Waals surface area contributed by atoms with Crippen LogP contribution in [-0.2, 0) is 21.2 Å². The number of benzene rings is 1. The Morgan fingerprint density at radius 3 is 2.75 bits per heavy atom. The monoisotopic (exact) mass is 349 g/mol. The predicted octanol–water partition coefficient (Wildman–Crippen LogP) is 1.26. The molecule has 1 aromatic heterocycles. The third kappa shape index (κ3) is 2.74. The molecule has 2 saturated heterocycles. The van der Waals surface area contributed by atoms with E-state index < -0.39 is 10.0 Å². The molecule has 0 saturated carbocycles. The van der Waals surface area contributed by atoms with Crippen LogP contribution in [0.5, 0.6) is 0 Å². The van der Waals surface area contributed by atoms with Gasteiger partial charge < -0.3 is 9.26 Å². The Hall–Kier alpha value is -1.77. The Labute approximate surface area is 140 Å². The molecule has 2 aromatic rings. The van der Waals surface area contributed by atoms with Gasteiger partial charge in [0.1, 0.15) is 0 Å². The molecule has 0 N–H and O–H groups in total. The molecule has 0 radical (unpaired) electrons. The number of sulfonamides is 1. The molecule has 0 amide bonds. The van der Waals surface area contributed by atoms with Crippen molar-refractivity contribution in [3.05, 3.63) is 42.0 Å². The largest absolute Gasteiger partial charge is 0.376 e. The number of hydrogen-bond donors (Lipinski definition) is 0. The van der Waals surface area contributed by atoms with Gasteiger partial charge in [0.2, 0.25) is 15.9 Å². The third-order valence-corrected chi connectivity index (χ3v) is 6.64. The first-order valence-corrected chi connectivity index (χ1v) is 9.44. The maximum atomic E-state index is 12.8. The standard InChI is InChI=1S/C16H19N3O4S/c1-11-17-16(23-18-11)7-12-10-22-15-9-19(8-14(12)15)24(20,21)13-5-3-2-4-6-13/h2-6,12,14-15H,7-10H2,1H3/t12-,14+,15+/m1/s1. The zero-order chi connectivity index (χ0) is 16.7. The molecule has 3 heterocycles. The highest BCUT2D eigenvalue weighted by atomic mass is 32.2. The summed E-state index contributed by atoms with van der Waals surface area (Å²) in [5, 5.41) is 3.80. The zero-order valence-corrected chi connectivity index (χ0v) is 14.1. The maximum absolute atomic E-state index is 12.8. The fraction of sp³-hybridized carbons (Fsp3) is 0.500. The van der Waals surface area contributed by atoms with E-state index in [2.05, 4.69) is 10.1 Å². The molecule has 1 aromatic carbocycles. The summed E-state index contributed by atoms with van der Waals surface area (Å²) in [6, 6.07) is 8.54. The van der Waals surface area contributed by atoms with Crippen LogP contribution in [0.3, 0.4) is 0 Å². The van der Waals surface area contributed by atoms with Crippen molar-refractivity contribution in [1.82, 2.24) is 14.4 Å². The summed E-state index contributed by atoms with van der Waals surface area (Å²) in [5.41, 5.74) is 0. The van der Waals surface area contributed by atoms with E-state index in [9.17, 15) is 8.42 Å². The Kier molecular flexibility index (Phi) is 3.90. The molecule has 2 aliphatic heterocycles. The van der Waals surface area contributed by atoms with Gasteiger partial charge in [-0.2, -0.15) is 9.29 Å². The van der Waals surface area contributed by atoms with Crippen LogP contribution in [0.25, 0.3) is 0 Å². The van der Waals surface area contributed by atoms with Gasteiger partial charge in [0, 0.05) is 25.4 Å². The average Bonchev–Trinajstić information content (AvgIpc) is 3.26. The van der Waals surface area contributed by atoms with Crippen molar-refractivity contribution in [3.8, 4) is 0 Å². The van der Waals surface area contributed by atoms with Gasteiger partial charge in [-0.05, 0) is 25.0 Å². The number of ether oxygens (including phenoxy) is 1. The molecule has 0 unspecified atom stereocenters. The summed E-state index contributed by atoms with van der Waals surface area (Å²) in [4.78, 5) is 4.57. The summed E-state index contributed by atoms with van der Waals surface area (Å²) in [6.45, 7) is 3.27. The van der Waals surface area contributed by atoms with Crippen LogP contribution in [0.4, 0.5) is 0 Å². The van der Waals surface area contributed by atoms with Gasteiger partial charge in [-0.1, -0.05) is 23.4 Å². The van der Waals surface area contributed by atoms with Crippen LogP contribution in [0.15, 0.2) is 39.8 Å². The molecule has 3 atom stereocenters. The van der Waals surface area contributed by atoms with Gasteiger partial charge in [0.25, 0.3) is 0 Å². The van der Waals surface area contributed by atoms with Crippen molar-refractivity contribution in [2.24, 2.45) is 11.8 Å². The van der Waals surface area contributed by atoms with Crippen LogP contribution in [0, 0.1) is 18.8 Å². The second-order valence-corrected chi connectivity index (χ2v) is 8.31. The molecule has 0 bridgehead atoms. The second-order valence-electron chi connectivity index (χ2n) is 6.37. The van der Waals surface area contributed by atoms with Crippen molar-refractivity contribution < 1.29 is 17.7 Å². The van der Waals surface area contributed by atoms with Gasteiger partial charge in [0.05, 0.1) is 17.6 Å². The lowest BCUT2D eigenvalue weighted by Crippen LogP contribution is -2.31. The highest BCUT2D eigenvalue weighted by Crippen LogP contribution is 2.37. The maximum Gasteiger partial charge on any atom is 0.243 e. The zero-order valence-electron chi connectivity index (χ0n) is 13.3. The minimum atomic E-state index is -3.47. The summed E-state index contributed by atoms with van der Waals surface area (Å²) >= 11 is 0. The SMILES string of the molecule is Cc1noc(C[C@@H]2CO[C@H]3CN(S(=O)(=O)c4ccccc4)C[C@@H]23)n1. The Morgan fingerprint density at radius 1 is 1.25 bits per heavy atom. The van der Waals surface area contributed by atoms with E-state index in [1.54, 1.807) is 31.2 Å². The first-order valence-electron chi connectivity index (χ1n) is 8.00. The summed E-state index contributed by atoms with van der Waals surface area (Å²) < 4.78 is 38.1. The number of rotatable bonds is 4. The first-order chi connectivity index (χ1) is 11.5. The van der Waals surface area contributed by atoms with Crippen LogP contribution in [0.2, 0.25) is 0 Å². The molecule has 2 aliphatic rings. The van der Waals surface area contributed by atoms with Crippen LogP contribution in [0.1, 0.15) is 11.7 Å². The highest BCUT2D eigenvalue weighted by Gasteiger charge is 2.47. The van der Waals surface area contributed by atoms with E-state index in [0.29, 0.717) is 42.7 Å². The van der Waals surface area contributed by atoms with E-state index in [0.717, 1.165) is 0 Å². The third-order valence-electron chi connectivity index (χ3n) is 4.79. The van der Waals surface area contributed by atoms with Crippen LogP contribution >= 0.6 is 0 Å². The van der Waals surface area contributed by atoms with Gasteiger partial charge >= 0.3 is 0 Å². The average molecular weight is 349 g/mol. The summed E-state index contributed by atoms with van der Waals surface area (Å²) in [6.07, 6.45) is 0.568. The molecule has 0 spiro atoms. The fourth-order valence-corrected chi connectivity index (χ4v) is 5.07. The van der Waals surface area contributed by atoms with Gasteiger partial charge in [-0.15, -0.1) is 0 Å². The lowest BCUT2D eigenvalue weighted by Gasteiger charge is -2.19. The number of nitrogens with zero attached hydrogens (tertiary/aromatic N) is 3. The number of aryl methyl sites for hydroxylation is 1. The Balaban J connectivity index is 1.50. The van der Waals surface area contributed by atoms with Gasteiger partial charge in [-0.25, -0.2) is 8.42 Å². The lowest BCUT2D eigenvalue weighted by molar-refractivity contribution is 0.103. The second kappa shape index (κ2) is 5.94. The van der Waals surface area contributed by atoms with E-state index in [1.807, 2.05) is 6.07 Å². The van der Waals surface area contributed by atoms with E-state index in [-0.39, 0.29) is 17.9 Å². The minimum absolute atomic E-state index is 0.0579. The van der Waals surface area contributed by atoms with Crippen molar-refractivity contribution in [2.45, 2.75) is 24.3 Å². The highest BCUT2D eigenvalue weighted by molar-refractivity contribution is 7.89.